The van der Waals surface area contributed by atoms with E-state index in [4.69, 9.17) is 4.52 Å². The van der Waals surface area contributed by atoms with Crippen LogP contribution >= 0.6 is 0 Å². The summed E-state index contributed by atoms with van der Waals surface area (Å²) >= 11 is 0. The van der Waals surface area contributed by atoms with E-state index in [9.17, 15) is 4.79 Å². The Balaban J connectivity index is 1.67. The Morgan fingerprint density at radius 2 is 1.96 bits per heavy atom. The van der Waals surface area contributed by atoms with Crippen LogP contribution in [0.2, 0.25) is 0 Å². The quantitative estimate of drug-likeness (QED) is 0.831. The van der Waals surface area contributed by atoms with Crippen molar-refractivity contribution in [1.29, 1.82) is 0 Å². The zero-order valence-electron chi connectivity index (χ0n) is 16.5. The van der Waals surface area contributed by atoms with E-state index in [1.165, 1.54) is 18.4 Å². The normalized spacial score (nSPS) is 26.0. The van der Waals surface area contributed by atoms with E-state index in [-0.39, 0.29) is 18.0 Å². The number of rotatable bonds is 3. The lowest BCUT2D eigenvalue weighted by Gasteiger charge is -2.33. The molecule has 1 amide bonds. The number of hydrogen-bond donors (Lipinski definition) is 0. The van der Waals surface area contributed by atoms with Crippen molar-refractivity contribution in [2.24, 2.45) is 0 Å². The molecule has 5 nitrogen and oxygen atoms in total. The van der Waals surface area contributed by atoms with Crippen molar-refractivity contribution < 1.29 is 9.32 Å². The smallest absolute Gasteiger partial charge is 0.228 e. The van der Waals surface area contributed by atoms with Crippen LogP contribution in [0.5, 0.6) is 0 Å². The minimum Gasteiger partial charge on any atom is -0.361 e. The lowest BCUT2D eigenvalue weighted by atomic mass is 10.0. The second-order valence-electron chi connectivity index (χ2n) is 8.05. The molecule has 2 saturated heterocycles. The molecule has 2 fully saturated rings. The molecule has 0 radical (unpaired) electrons. The molecule has 3 heterocycles. The average molecular weight is 367 g/mol. The predicted octanol–water partition coefficient (Wildman–Crippen LogP) is 3.66. The molecule has 0 aliphatic carbocycles. The van der Waals surface area contributed by atoms with Crippen LogP contribution in [0.1, 0.15) is 54.3 Å². The number of aromatic nitrogens is 1. The zero-order chi connectivity index (χ0) is 19.0. The van der Waals surface area contributed by atoms with Crippen molar-refractivity contribution in [3.05, 3.63) is 52.9 Å². The van der Waals surface area contributed by atoms with Gasteiger partial charge < -0.3 is 14.3 Å². The largest absolute Gasteiger partial charge is 0.361 e. The van der Waals surface area contributed by atoms with Crippen molar-refractivity contribution in [2.45, 2.75) is 64.1 Å². The third-order valence-corrected chi connectivity index (χ3v) is 6.41. The maximum atomic E-state index is 13.5. The summed E-state index contributed by atoms with van der Waals surface area (Å²) in [6.07, 6.45) is 4.87. The van der Waals surface area contributed by atoms with Crippen molar-refractivity contribution in [3.63, 3.8) is 0 Å². The summed E-state index contributed by atoms with van der Waals surface area (Å²) in [5.41, 5.74) is 3.01. The molecule has 0 N–H and O–H groups in total. The first-order valence-electron chi connectivity index (χ1n) is 10.0. The molecule has 144 valence electrons. The SMILES string of the molecule is Cc1noc(C)c1CC(=O)N1[C@H](c2ccccc2)C[C@@H]2[C@@H]1CCCCN2C. The van der Waals surface area contributed by atoms with E-state index < -0.39 is 0 Å². The monoisotopic (exact) mass is 367 g/mol. The molecule has 2 aliphatic heterocycles. The van der Waals surface area contributed by atoms with Crippen LogP contribution in [0, 0.1) is 13.8 Å². The van der Waals surface area contributed by atoms with Gasteiger partial charge in [0.2, 0.25) is 5.91 Å². The number of nitrogens with zero attached hydrogens (tertiary/aromatic N) is 3. The number of benzene rings is 1. The number of hydrogen-bond acceptors (Lipinski definition) is 4. The van der Waals surface area contributed by atoms with Crippen molar-refractivity contribution >= 4 is 5.91 Å². The molecule has 0 saturated carbocycles. The molecule has 1 aromatic heterocycles. The van der Waals surface area contributed by atoms with E-state index in [0.29, 0.717) is 12.5 Å². The average Bonchev–Trinajstić information content (AvgIpc) is 3.15. The second kappa shape index (κ2) is 7.47. The molecule has 2 aromatic rings. The van der Waals surface area contributed by atoms with Gasteiger partial charge in [-0.05, 0) is 52.3 Å². The molecular weight excluding hydrogens is 338 g/mol. The van der Waals surface area contributed by atoms with Gasteiger partial charge >= 0.3 is 0 Å². The predicted molar refractivity (Wildman–Crippen MR) is 104 cm³/mol. The first kappa shape index (κ1) is 18.2. The number of carbonyl (C=O) groups is 1. The van der Waals surface area contributed by atoms with E-state index in [2.05, 4.69) is 46.3 Å². The maximum Gasteiger partial charge on any atom is 0.228 e. The third kappa shape index (κ3) is 3.41. The van der Waals surface area contributed by atoms with Gasteiger partial charge in [0.1, 0.15) is 5.76 Å². The lowest BCUT2D eigenvalue weighted by Crippen LogP contribution is -2.45. The van der Waals surface area contributed by atoms with E-state index in [1.807, 2.05) is 19.9 Å². The summed E-state index contributed by atoms with van der Waals surface area (Å²) in [6.45, 7) is 4.93. The van der Waals surface area contributed by atoms with Gasteiger partial charge in [-0.1, -0.05) is 41.9 Å². The molecule has 0 bridgehead atoms. The Bertz CT molecular complexity index is 782. The molecule has 2 aliphatic rings. The van der Waals surface area contributed by atoms with Crippen molar-refractivity contribution in [1.82, 2.24) is 15.0 Å². The number of fused-ring (bicyclic) bond motifs is 1. The van der Waals surface area contributed by atoms with Crippen molar-refractivity contribution in [2.75, 3.05) is 13.6 Å². The van der Waals surface area contributed by atoms with Crippen LogP contribution in [0.3, 0.4) is 0 Å². The molecule has 3 atom stereocenters. The first-order chi connectivity index (χ1) is 13.1. The topological polar surface area (TPSA) is 49.6 Å². The van der Waals surface area contributed by atoms with Gasteiger partial charge in [-0.15, -0.1) is 0 Å². The fourth-order valence-corrected chi connectivity index (χ4v) is 4.93. The summed E-state index contributed by atoms with van der Waals surface area (Å²) < 4.78 is 5.29. The fraction of sp³-hybridized carbons (Fsp3) is 0.545. The van der Waals surface area contributed by atoms with Crippen LogP contribution in [-0.2, 0) is 11.2 Å². The van der Waals surface area contributed by atoms with E-state index >= 15 is 0 Å². The van der Waals surface area contributed by atoms with Gasteiger partial charge in [-0.25, -0.2) is 0 Å². The fourth-order valence-electron chi connectivity index (χ4n) is 4.93. The van der Waals surface area contributed by atoms with Gasteiger partial charge in [-0.2, -0.15) is 0 Å². The molecular formula is C22H29N3O2. The molecule has 0 spiro atoms. The summed E-state index contributed by atoms with van der Waals surface area (Å²) in [5.74, 6) is 0.951. The Hall–Kier alpha value is -2.14. The van der Waals surface area contributed by atoms with Gasteiger partial charge in [0.05, 0.1) is 18.2 Å². The van der Waals surface area contributed by atoms with Crippen LogP contribution in [-0.4, -0.2) is 46.5 Å². The maximum absolute atomic E-state index is 13.5. The summed E-state index contributed by atoms with van der Waals surface area (Å²) in [5, 5.41) is 4.03. The standard InChI is InChI=1S/C22H29N3O2/c1-15-18(16(2)27-23-15)13-22(26)25-19-11-7-8-12-24(3)21(19)14-20(25)17-9-5-4-6-10-17/h4-6,9-10,19-21H,7-8,11-14H2,1-3H3/t19-,20-,21+/m0/s1. The number of likely N-dealkylation sites (tertiary alicyclic amines) is 2. The summed E-state index contributed by atoms with van der Waals surface area (Å²) in [4.78, 5) is 18.2. The minimum atomic E-state index is 0.148. The van der Waals surface area contributed by atoms with Gasteiger partial charge in [0.25, 0.3) is 0 Å². The number of likely N-dealkylation sites (N-methyl/N-ethyl adjacent to an activating group) is 1. The van der Waals surface area contributed by atoms with Gasteiger partial charge in [0.15, 0.2) is 0 Å². The molecule has 1 aromatic carbocycles. The number of carbonyl (C=O) groups excluding carboxylic acids is 1. The number of amides is 1. The Morgan fingerprint density at radius 3 is 2.67 bits per heavy atom. The van der Waals surface area contributed by atoms with Crippen LogP contribution in [0.25, 0.3) is 0 Å². The minimum absolute atomic E-state index is 0.148. The summed E-state index contributed by atoms with van der Waals surface area (Å²) in [7, 11) is 2.22. The van der Waals surface area contributed by atoms with Gasteiger partial charge in [-0.3, -0.25) is 4.79 Å². The van der Waals surface area contributed by atoms with E-state index in [0.717, 1.165) is 36.4 Å². The van der Waals surface area contributed by atoms with Crippen molar-refractivity contribution in [3.8, 4) is 0 Å². The van der Waals surface area contributed by atoms with Gasteiger partial charge in [0, 0.05) is 17.6 Å². The molecule has 4 rings (SSSR count). The Morgan fingerprint density at radius 1 is 1.19 bits per heavy atom. The molecule has 0 unspecified atom stereocenters. The Labute approximate surface area is 161 Å². The highest BCUT2D eigenvalue weighted by molar-refractivity contribution is 5.80. The highest BCUT2D eigenvalue weighted by Gasteiger charge is 2.46. The molecule has 5 heteroatoms. The third-order valence-electron chi connectivity index (χ3n) is 6.41. The lowest BCUT2D eigenvalue weighted by molar-refractivity contribution is -0.134. The highest BCUT2D eigenvalue weighted by atomic mass is 16.5. The van der Waals surface area contributed by atoms with Crippen LogP contribution in [0.15, 0.2) is 34.9 Å². The summed E-state index contributed by atoms with van der Waals surface area (Å²) in [6, 6.07) is 11.4. The second-order valence-corrected chi connectivity index (χ2v) is 8.05. The van der Waals surface area contributed by atoms with E-state index in [1.54, 1.807) is 0 Å². The number of aryl methyl sites for hydroxylation is 2. The van der Waals surface area contributed by atoms with Crippen LogP contribution < -0.4 is 0 Å². The first-order valence-corrected chi connectivity index (χ1v) is 10.0. The Kier molecular flexibility index (Phi) is 5.04. The van der Waals surface area contributed by atoms with Crippen LogP contribution in [0.4, 0.5) is 0 Å². The highest BCUT2D eigenvalue weighted by Crippen LogP contribution is 2.42. The zero-order valence-corrected chi connectivity index (χ0v) is 16.5. The molecule has 27 heavy (non-hydrogen) atoms.